The first-order valence-electron chi connectivity index (χ1n) is 7.55. The van der Waals surface area contributed by atoms with E-state index in [1.54, 1.807) is 18.5 Å². The third-order valence-electron chi connectivity index (χ3n) is 3.96. The van der Waals surface area contributed by atoms with Gasteiger partial charge < -0.3 is 15.0 Å². The zero-order chi connectivity index (χ0) is 16.2. The van der Waals surface area contributed by atoms with Crippen molar-refractivity contribution in [2.75, 3.05) is 5.32 Å². The SMILES string of the molecule is Cn1cc(CCC(=O)Nc2cnccc2CO)c2ccccc21. The average Bonchev–Trinajstić information content (AvgIpc) is 2.90. The molecule has 23 heavy (non-hydrogen) atoms. The van der Waals surface area contributed by atoms with E-state index in [4.69, 9.17) is 0 Å². The maximum atomic E-state index is 12.2. The highest BCUT2D eigenvalue weighted by atomic mass is 16.3. The minimum atomic E-state index is -0.124. The molecule has 1 amide bonds. The van der Waals surface area contributed by atoms with Crippen molar-refractivity contribution in [3.8, 4) is 0 Å². The second kappa shape index (κ2) is 6.62. The van der Waals surface area contributed by atoms with Gasteiger partial charge in [0.2, 0.25) is 5.91 Å². The number of carbonyl (C=O) groups is 1. The van der Waals surface area contributed by atoms with Crippen LogP contribution in [0.4, 0.5) is 5.69 Å². The topological polar surface area (TPSA) is 67.2 Å². The summed E-state index contributed by atoms with van der Waals surface area (Å²) >= 11 is 0. The lowest BCUT2D eigenvalue weighted by atomic mass is 10.1. The molecule has 0 saturated carbocycles. The number of amides is 1. The number of aromatic nitrogens is 2. The van der Waals surface area contributed by atoms with Gasteiger partial charge in [-0.3, -0.25) is 9.78 Å². The fourth-order valence-electron chi connectivity index (χ4n) is 2.76. The first kappa shape index (κ1) is 15.2. The first-order valence-corrected chi connectivity index (χ1v) is 7.55. The molecule has 0 saturated heterocycles. The molecule has 0 spiro atoms. The molecule has 3 rings (SSSR count). The second-order valence-electron chi connectivity index (χ2n) is 5.52. The quantitative estimate of drug-likeness (QED) is 0.761. The lowest BCUT2D eigenvalue weighted by Crippen LogP contribution is -2.14. The van der Waals surface area contributed by atoms with Crippen LogP contribution in [0, 0.1) is 0 Å². The van der Waals surface area contributed by atoms with E-state index in [0.717, 1.165) is 11.1 Å². The van der Waals surface area contributed by atoms with Gasteiger partial charge in [0.25, 0.3) is 0 Å². The van der Waals surface area contributed by atoms with Crippen LogP contribution in [0.15, 0.2) is 48.9 Å². The Morgan fingerprint density at radius 3 is 2.91 bits per heavy atom. The third-order valence-corrected chi connectivity index (χ3v) is 3.96. The van der Waals surface area contributed by atoms with E-state index in [1.807, 2.05) is 19.2 Å². The predicted molar refractivity (Wildman–Crippen MR) is 90.0 cm³/mol. The van der Waals surface area contributed by atoms with Crippen molar-refractivity contribution in [1.82, 2.24) is 9.55 Å². The van der Waals surface area contributed by atoms with Gasteiger partial charge in [-0.05, 0) is 24.1 Å². The Labute approximate surface area is 134 Å². The van der Waals surface area contributed by atoms with Crippen molar-refractivity contribution in [1.29, 1.82) is 0 Å². The number of aliphatic hydroxyl groups excluding tert-OH is 1. The van der Waals surface area contributed by atoms with E-state index in [2.05, 4.69) is 33.2 Å². The minimum absolute atomic E-state index is 0.0827. The van der Waals surface area contributed by atoms with E-state index in [9.17, 15) is 9.90 Å². The van der Waals surface area contributed by atoms with Crippen molar-refractivity contribution in [3.05, 3.63) is 60.0 Å². The zero-order valence-electron chi connectivity index (χ0n) is 13.0. The Morgan fingerprint density at radius 2 is 2.09 bits per heavy atom. The lowest BCUT2D eigenvalue weighted by molar-refractivity contribution is -0.116. The minimum Gasteiger partial charge on any atom is -0.392 e. The molecule has 118 valence electrons. The van der Waals surface area contributed by atoms with Gasteiger partial charge in [0.1, 0.15) is 0 Å². The maximum Gasteiger partial charge on any atom is 0.224 e. The smallest absolute Gasteiger partial charge is 0.224 e. The number of rotatable bonds is 5. The van der Waals surface area contributed by atoms with E-state index < -0.39 is 0 Å². The molecule has 0 fully saturated rings. The molecule has 5 heteroatoms. The monoisotopic (exact) mass is 309 g/mol. The predicted octanol–water partition coefficient (Wildman–Crippen LogP) is 2.64. The molecule has 0 atom stereocenters. The number of pyridine rings is 1. The number of carbonyl (C=O) groups excluding carboxylic acids is 1. The molecule has 2 aromatic heterocycles. The summed E-state index contributed by atoms with van der Waals surface area (Å²) in [7, 11) is 2.01. The van der Waals surface area contributed by atoms with Crippen molar-refractivity contribution < 1.29 is 9.90 Å². The fourth-order valence-corrected chi connectivity index (χ4v) is 2.76. The van der Waals surface area contributed by atoms with Gasteiger partial charge in [-0.2, -0.15) is 0 Å². The Bertz CT molecular complexity index is 839. The lowest BCUT2D eigenvalue weighted by Gasteiger charge is -2.08. The summed E-state index contributed by atoms with van der Waals surface area (Å²) in [6, 6.07) is 9.86. The highest BCUT2D eigenvalue weighted by Gasteiger charge is 2.10. The van der Waals surface area contributed by atoms with Crippen molar-refractivity contribution in [2.45, 2.75) is 19.4 Å². The van der Waals surface area contributed by atoms with E-state index >= 15 is 0 Å². The number of hydrogen-bond acceptors (Lipinski definition) is 3. The normalized spacial score (nSPS) is 10.9. The second-order valence-corrected chi connectivity index (χ2v) is 5.52. The first-order chi connectivity index (χ1) is 11.2. The van der Waals surface area contributed by atoms with Crippen LogP contribution in [0.3, 0.4) is 0 Å². The van der Waals surface area contributed by atoms with Crippen LogP contribution in [-0.2, 0) is 24.9 Å². The van der Waals surface area contributed by atoms with E-state index in [0.29, 0.717) is 24.1 Å². The molecule has 0 aliphatic heterocycles. The van der Waals surface area contributed by atoms with E-state index in [-0.39, 0.29) is 12.5 Å². The molecule has 2 N–H and O–H groups in total. The van der Waals surface area contributed by atoms with Crippen molar-refractivity contribution in [2.24, 2.45) is 7.05 Å². The van der Waals surface area contributed by atoms with Crippen LogP contribution in [0.25, 0.3) is 10.9 Å². The zero-order valence-corrected chi connectivity index (χ0v) is 13.0. The molecule has 3 aromatic rings. The van der Waals surface area contributed by atoms with Gasteiger partial charge in [0, 0.05) is 42.3 Å². The number of fused-ring (bicyclic) bond motifs is 1. The van der Waals surface area contributed by atoms with Gasteiger partial charge in [-0.1, -0.05) is 18.2 Å². The Hall–Kier alpha value is -2.66. The standard InChI is InChI=1S/C18H19N3O2/c1-21-11-13(15-4-2-3-5-17(15)21)6-7-18(23)20-16-10-19-9-8-14(16)12-22/h2-5,8-11,22H,6-7,12H2,1H3,(H,20,23). The highest BCUT2D eigenvalue weighted by Crippen LogP contribution is 2.22. The summed E-state index contributed by atoms with van der Waals surface area (Å²) < 4.78 is 2.08. The molecule has 0 aliphatic rings. The number of aryl methyl sites for hydroxylation is 2. The third kappa shape index (κ3) is 3.24. The maximum absolute atomic E-state index is 12.2. The number of nitrogens with one attached hydrogen (secondary N) is 1. The summed E-state index contributed by atoms with van der Waals surface area (Å²) in [6.45, 7) is -0.124. The summed E-state index contributed by atoms with van der Waals surface area (Å²) in [5.74, 6) is -0.0827. The molecular formula is C18H19N3O2. The van der Waals surface area contributed by atoms with E-state index in [1.165, 1.54) is 5.39 Å². The average molecular weight is 309 g/mol. The molecule has 5 nitrogen and oxygen atoms in total. The summed E-state index contributed by atoms with van der Waals surface area (Å²) in [4.78, 5) is 16.1. The Morgan fingerprint density at radius 1 is 1.26 bits per heavy atom. The van der Waals surface area contributed by atoms with Gasteiger partial charge in [0.15, 0.2) is 0 Å². The van der Waals surface area contributed by atoms with Crippen LogP contribution in [0.1, 0.15) is 17.5 Å². The highest BCUT2D eigenvalue weighted by molar-refractivity contribution is 5.92. The molecule has 2 heterocycles. The summed E-state index contributed by atoms with van der Waals surface area (Å²) in [6.07, 6.45) is 6.27. The number of para-hydroxylation sites is 1. The molecule has 0 unspecified atom stereocenters. The number of aliphatic hydroxyl groups is 1. The Kier molecular flexibility index (Phi) is 4.39. The summed E-state index contributed by atoms with van der Waals surface area (Å²) in [5.41, 5.74) is 3.56. The van der Waals surface area contributed by atoms with Gasteiger partial charge in [0.05, 0.1) is 18.5 Å². The van der Waals surface area contributed by atoms with Crippen LogP contribution in [-0.4, -0.2) is 20.6 Å². The largest absolute Gasteiger partial charge is 0.392 e. The van der Waals surface area contributed by atoms with Crippen LogP contribution in [0.2, 0.25) is 0 Å². The van der Waals surface area contributed by atoms with Crippen molar-refractivity contribution in [3.63, 3.8) is 0 Å². The molecule has 0 aliphatic carbocycles. The molecule has 1 aromatic carbocycles. The van der Waals surface area contributed by atoms with Crippen LogP contribution >= 0.6 is 0 Å². The number of nitrogens with zero attached hydrogens (tertiary/aromatic N) is 2. The van der Waals surface area contributed by atoms with Crippen LogP contribution in [0.5, 0.6) is 0 Å². The molecule has 0 radical (unpaired) electrons. The van der Waals surface area contributed by atoms with Crippen LogP contribution < -0.4 is 5.32 Å². The fraction of sp³-hybridized carbons (Fsp3) is 0.222. The number of hydrogen-bond donors (Lipinski definition) is 2. The van der Waals surface area contributed by atoms with Gasteiger partial charge in [-0.15, -0.1) is 0 Å². The molecular weight excluding hydrogens is 290 g/mol. The van der Waals surface area contributed by atoms with Gasteiger partial charge in [-0.25, -0.2) is 0 Å². The Balaban J connectivity index is 1.69. The molecule has 0 bridgehead atoms. The number of anilines is 1. The van der Waals surface area contributed by atoms with Gasteiger partial charge >= 0.3 is 0 Å². The van der Waals surface area contributed by atoms with Crippen molar-refractivity contribution >= 4 is 22.5 Å². The number of benzene rings is 1. The summed E-state index contributed by atoms with van der Waals surface area (Å²) in [5, 5.41) is 13.3.